The van der Waals surface area contributed by atoms with Gasteiger partial charge in [0.2, 0.25) is 0 Å². The lowest BCUT2D eigenvalue weighted by Crippen LogP contribution is -2.33. The van der Waals surface area contributed by atoms with Crippen LogP contribution in [0.5, 0.6) is 0 Å². The highest BCUT2D eigenvalue weighted by Gasteiger charge is 2.22. The lowest BCUT2D eigenvalue weighted by Gasteiger charge is -2.31. The Morgan fingerprint density at radius 3 is 2.62 bits per heavy atom. The third-order valence-electron chi connectivity index (χ3n) is 3.59. The summed E-state index contributed by atoms with van der Waals surface area (Å²) in [6, 6.07) is 6.93. The number of benzene rings is 1. The maximum Gasteiger partial charge on any atom is 0.0426 e. The highest BCUT2D eigenvalue weighted by Crippen LogP contribution is 2.31. The van der Waals surface area contributed by atoms with E-state index in [4.69, 9.17) is 11.6 Å². The molecule has 0 aliphatic heterocycles. The molecule has 1 aliphatic carbocycles. The molecule has 0 spiro atoms. The second-order valence-corrected chi connectivity index (χ2v) is 5.09. The summed E-state index contributed by atoms with van der Waals surface area (Å²) in [5.74, 6) is 0. The first kappa shape index (κ1) is 11.8. The minimum Gasteiger partial charge on any atom is -0.369 e. The second kappa shape index (κ2) is 5.09. The molecule has 0 amide bonds. The van der Waals surface area contributed by atoms with Gasteiger partial charge >= 0.3 is 0 Å². The molecule has 2 rings (SSSR count). The summed E-state index contributed by atoms with van der Waals surface area (Å²) < 4.78 is 0. The number of anilines is 1. The smallest absolute Gasteiger partial charge is 0.0426 e. The zero-order valence-corrected chi connectivity index (χ0v) is 10.9. The van der Waals surface area contributed by atoms with Crippen LogP contribution in [0.15, 0.2) is 18.2 Å². The molecule has 2 heteroatoms. The van der Waals surface area contributed by atoms with E-state index in [1.807, 2.05) is 6.07 Å². The van der Waals surface area contributed by atoms with Gasteiger partial charge in [0, 0.05) is 23.3 Å². The van der Waals surface area contributed by atoms with Crippen molar-refractivity contribution in [2.45, 2.75) is 45.6 Å². The fourth-order valence-electron chi connectivity index (χ4n) is 2.73. The molecule has 0 aromatic heterocycles. The summed E-state index contributed by atoms with van der Waals surface area (Å²) >= 11 is 6.10. The van der Waals surface area contributed by atoms with Crippen LogP contribution in [0, 0.1) is 6.92 Å². The van der Waals surface area contributed by atoms with Crippen molar-refractivity contribution in [2.24, 2.45) is 0 Å². The van der Waals surface area contributed by atoms with Gasteiger partial charge in [-0.3, -0.25) is 0 Å². The van der Waals surface area contributed by atoms with E-state index in [0.29, 0.717) is 0 Å². The second-order valence-electron chi connectivity index (χ2n) is 4.66. The Morgan fingerprint density at radius 2 is 2.00 bits per heavy atom. The number of hydrogen-bond acceptors (Lipinski definition) is 1. The highest BCUT2D eigenvalue weighted by atomic mass is 35.5. The fraction of sp³-hybridized carbons (Fsp3) is 0.571. The van der Waals surface area contributed by atoms with Crippen LogP contribution in [0.25, 0.3) is 0 Å². The molecule has 88 valence electrons. The Hall–Kier alpha value is -0.690. The van der Waals surface area contributed by atoms with E-state index in [1.54, 1.807) is 0 Å². The number of rotatable bonds is 3. The average Bonchev–Trinajstić information content (AvgIpc) is 2.78. The van der Waals surface area contributed by atoms with Crippen molar-refractivity contribution in [3.63, 3.8) is 0 Å². The topological polar surface area (TPSA) is 3.24 Å². The van der Waals surface area contributed by atoms with Gasteiger partial charge in [-0.1, -0.05) is 30.5 Å². The first-order valence-corrected chi connectivity index (χ1v) is 6.63. The Bertz CT molecular complexity index is 356. The fourth-order valence-corrected chi connectivity index (χ4v) is 2.90. The molecule has 0 N–H and O–H groups in total. The van der Waals surface area contributed by atoms with E-state index in [0.717, 1.165) is 17.6 Å². The molecule has 1 aromatic rings. The minimum absolute atomic E-state index is 0.724. The van der Waals surface area contributed by atoms with Crippen molar-refractivity contribution in [3.05, 3.63) is 28.8 Å². The average molecular weight is 238 g/mol. The quantitative estimate of drug-likeness (QED) is 0.753. The highest BCUT2D eigenvalue weighted by molar-refractivity contribution is 6.30. The molecular weight excluding hydrogens is 218 g/mol. The molecule has 1 saturated carbocycles. The van der Waals surface area contributed by atoms with Crippen LogP contribution in [-0.4, -0.2) is 12.6 Å². The Kier molecular flexibility index (Phi) is 3.75. The van der Waals surface area contributed by atoms with E-state index in [1.165, 1.54) is 36.9 Å². The predicted molar refractivity (Wildman–Crippen MR) is 71.5 cm³/mol. The van der Waals surface area contributed by atoms with Gasteiger partial charge in [-0.25, -0.2) is 0 Å². The monoisotopic (exact) mass is 237 g/mol. The standard InChI is InChI=1S/C14H20ClN/c1-3-16(13-6-4-5-7-13)14-10-12(15)9-8-11(14)2/h8-10,13H,3-7H2,1-2H3. The van der Waals surface area contributed by atoms with Crippen LogP contribution in [0.1, 0.15) is 38.2 Å². The van der Waals surface area contributed by atoms with Crippen molar-refractivity contribution in [2.75, 3.05) is 11.4 Å². The third kappa shape index (κ3) is 2.35. The van der Waals surface area contributed by atoms with E-state index in [2.05, 4.69) is 30.9 Å². The number of aryl methyl sites for hydroxylation is 1. The first-order valence-electron chi connectivity index (χ1n) is 6.25. The Balaban J connectivity index is 2.28. The van der Waals surface area contributed by atoms with E-state index < -0.39 is 0 Å². The summed E-state index contributed by atoms with van der Waals surface area (Å²) in [5.41, 5.74) is 2.65. The molecule has 0 atom stereocenters. The molecule has 1 aromatic carbocycles. The molecule has 0 saturated heterocycles. The predicted octanol–water partition coefficient (Wildman–Crippen LogP) is 4.42. The maximum atomic E-state index is 6.10. The summed E-state index contributed by atoms with van der Waals surface area (Å²) in [6.07, 6.45) is 5.42. The van der Waals surface area contributed by atoms with Crippen LogP contribution < -0.4 is 4.90 Å². The number of nitrogens with zero attached hydrogens (tertiary/aromatic N) is 1. The van der Waals surface area contributed by atoms with Gasteiger partial charge in [0.1, 0.15) is 0 Å². The van der Waals surface area contributed by atoms with E-state index in [9.17, 15) is 0 Å². The molecular formula is C14H20ClN. The Labute approximate surface area is 103 Å². The Morgan fingerprint density at radius 1 is 1.31 bits per heavy atom. The zero-order chi connectivity index (χ0) is 11.5. The number of halogens is 1. The molecule has 1 nitrogen and oxygen atoms in total. The molecule has 1 fully saturated rings. The molecule has 0 heterocycles. The number of hydrogen-bond donors (Lipinski definition) is 0. The normalized spacial score (nSPS) is 16.7. The molecule has 1 aliphatic rings. The minimum atomic E-state index is 0.724. The summed E-state index contributed by atoms with van der Waals surface area (Å²) in [5, 5.41) is 0.844. The van der Waals surface area contributed by atoms with Gasteiger partial charge < -0.3 is 4.90 Å². The van der Waals surface area contributed by atoms with Gasteiger partial charge in [0.25, 0.3) is 0 Å². The van der Waals surface area contributed by atoms with Crippen molar-refractivity contribution >= 4 is 17.3 Å². The van der Waals surface area contributed by atoms with E-state index >= 15 is 0 Å². The molecule has 16 heavy (non-hydrogen) atoms. The van der Waals surface area contributed by atoms with Gasteiger partial charge in [0.05, 0.1) is 0 Å². The van der Waals surface area contributed by atoms with Crippen molar-refractivity contribution in [1.82, 2.24) is 0 Å². The van der Waals surface area contributed by atoms with E-state index in [-0.39, 0.29) is 0 Å². The third-order valence-corrected chi connectivity index (χ3v) is 3.82. The summed E-state index contributed by atoms with van der Waals surface area (Å²) in [4.78, 5) is 2.52. The van der Waals surface area contributed by atoms with Gasteiger partial charge in [0.15, 0.2) is 0 Å². The lowest BCUT2D eigenvalue weighted by molar-refractivity contribution is 0.618. The molecule has 0 radical (unpaired) electrons. The molecule has 0 bridgehead atoms. The van der Waals surface area contributed by atoms with Crippen LogP contribution in [-0.2, 0) is 0 Å². The first-order chi connectivity index (χ1) is 7.72. The lowest BCUT2D eigenvalue weighted by atomic mass is 10.1. The zero-order valence-electron chi connectivity index (χ0n) is 10.2. The summed E-state index contributed by atoms with van der Waals surface area (Å²) in [6.45, 7) is 5.48. The van der Waals surface area contributed by atoms with Crippen LogP contribution in [0.4, 0.5) is 5.69 Å². The van der Waals surface area contributed by atoms with Gasteiger partial charge in [-0.05, 0) is 44.4 Å². The summed E-state index contributed by atoms with van der Waals surface area (Å²) in [7, 11) is 0. The van der Waals surface area contributed by atoms with Crippen LogP contribution in [0.2, 0.25) is 5.02 Å². The SMILES string of the molecule is CCN(c1cc(Cl)ccc1C)C1CCCC1. The van der Waals surface area contributed by atoms with Gasteiger partial charge in [-0.2, -0.15) is 0 Å². The van der Waals surface area contributed by atoms with Crippen molar-refractivity contribution in [3.8, 4) is 0 Å². The molecule has 0 unspecified atom stereocenters. The van der Waals surface area contributed by atoms with Crippen molar-refractivity contribution in [1.29, 1.82) is 0 Å². The van der Waals surface area contributed by atoms with Crippen molar-refractivity contribution < 1.29 is 0 Å². The maximum absolute atomic E-state index is 6.10. The van der Waals surface area contributed by atoms with Crippen LogP contribution in [0.3, 0.4) is 0 Å². The van der Waals surface area contributed by atoms with Crippen LogP contribution >= 0.6 is 11.6 Å². The largest absolute Gasteiger partial charge is 0.369 e. The van der Waals surface area contributed by atoms with Gasteiger partial charge in [-0.15, -0.1) is 0 Å².